The van der Waals surface area contributed by atoms with E-state index in [1.165, 1.54) is 26.2 Å². The van der Waals surface area contributed by atoms with E-state index >= 15 is 0 Å². The van der Waals surface area contributed by atoms with Crippen molar-refractivity contribution in [2.45, 2.75) is 32.2 Å². The van der Waals surface area contributed by atoms with Gasteiger partial charge in [0.25, 0.3) is 0 Å². The summed E-state index contributed by atoms with van der Waals surface area (Å²) >= 11 is 0. The summed E-state index contributed by atoms with van der Waals surface area (Å²) < 4.78 is 20.8. The third-order valence-corrected chi connectivity index (χ3v) is 3.20. The quantitative estimate of drug-likeness (QED) is 0.597. The van der Waals surface area contributed by atoms with Gasteiger partial charge in [-0.15, -0.1) is 0 Å². The molecule has 1 heterocycles. The van der Waals surface area contributed by atoms with Crippen molar-refractivity contribution in [2.24, 2.45) is 0 Å². The Kier molecular flexibility index (Phi) is 5.95. The summed E-state index contributed by atoms with van der Waals surface area (Å²) in [4.78, 5) is 34.5. The number of hydrogen-bond donors (Lipinski definition) is 0. The van der Waals surface area contributed by atoms with E-state index in [1.807, 2.05) is 0 Å². The van der Waals surface area contributed by atoms with Crippen LogP contribution in [0.4, 0.5) is 0 Å². The number of esters is 3. The number of carbonyl (C=O) groups is 3. The molecule has 0 bridgehead atoms. The third-order valence-electron chi connectivity index (χ3n) is 3.20. The molecule has 24 heavy (non-hydrogen) atoms. The van der Waals surface area contributed by atoms with Crippen molar-refractivity contribution in [3.8, 4) is 0 Å². The van der Waals surface area contributed by atoms with E-state index in [0.717, 1.165) is 0 Å². The van der Waals surface area contributed by atoms with Crippen LogP contribution in [0, 0.1) is 0 Å². The second-order valence-corrected chi connectivity index (χ2v) is 5.12. The second kappa shape index (κ2) is 8.14. The smallest absolute Gasteiger partial charge is 0.338 e. The maximum Gasteiger partial charge on any atom is 0.338 e. The van der Waals surface area contributed by atoms with Gasteiger partial charge in [0.05, 0.1) is 11.8 Å². The van der Waals surface area contributed by atoms with Crippen molar-refractivity contribution < 1.29 is 33.3 Å². The Labute approximate surface area is 139 Å². The molecule has 3 atom stereocenters. The zero-order valence-corrected chi connectivity index (χ0v) is 13.3. The third kappa shape index (κ3) is 4.84. The molecule has 128 valence electrons. The first-order valence-electron chi connectivity index (χ1n) is 7.36. The number of hydrogen-bond acceptors (Lipinski definition) is 7. The summed E-state index contributed by atoms with van der Waals surface area (Å²) in [7, 11) is 0. The molecular weight excluding hydrogens is 316 g/mol. The van der Waals surface area contributed by atoms with Gasteiger partial charge in [0, 0.05) is 13.8 Å². The van der Waals surface area contributed by atoms with Crippen molar-refractivity contribution in [3.63, 3.8) is 0 Å². The van der Waals surface area contributed by atoms with Gasteiger partial charge < -0.3 is 18.9 Å². The fourth-order valence-electron chi connectivity index (χ4n) is 2.20. The lowest BCUT2D eigenvalue weighted by Crippen LogP contribution is -2.47. The Morgan fingerprint density at radius 3 is 2.33 bits per heavy atom. The van der Waals surface area contributed by atoms with Crippen LogP contribution in [-0.2, 0) is 28.5 Å². The predicted molar refractivity (Wildman–Crippen MR) is 81.8 cm³/mol. The van der Waals surface area contributed by atoms with Crippen LogP contribution in [0.25, 0.3) is 0 Å². The summed E-state index contributed by atoms with van der Waals surface area (Å²) in [6.07, 6.45) is 0.301. The summed E-state index contributed by atoms with van der Waals surface area (Å²) in [5.41, 5.74) is 0.393. The van der Waals surface area contributed by atoms with Gasteiger partial charge in [-0.1, -0.05) is 18.2 Å². The lowest BCUT2D eigenvalue weighted by atomic mass is 10.1. The fraction of sp³-hybridized carbons (Fsp3) is 0.353. The van der Waals surface area contributed by atoms with Crippen LogP contribution in [0.5, 0.6) is 0 Å². The Morgan fingerprint density at radius 2 is 1.71 bits per heavy atom. The van der Waals surface area contributed by atoms with E-state index in [2.05, 4.69) is 0 Å². The number of carbonyl (C=O) groups excluding carboxylic acids is 3. The molecular formula is C17H18O7. The molecule has 7 heteroatoms. The van der Waals surface area contributed by atoms with Gasteiger partial charge in [-0.05, 0) is 18.2 Å². The molecule has 0 fully saturated rings. The van der Waals surface area contributed by atoms with E-state index in [1.54, 1.807) is 30.3 Å². The molecule has 0 aliphatic carbocycles. The average molecular weight is 334 g/mol. The normalized spacial score (nSPS) is 22.2. The molecule has 1 aliphatic rings. The Balaban J connectivity index is 2.03. The first kappa shape index (κ1) is 17.5. The molecule has 2 rings (SSSR count). The topological polar surface area (TPSA) is 88.1 Å². The van der Waals surface area contributed by atoms with Gasteiger partial charge in [-0.25, -0.2) is 4.79 Å². The summed E-state index contributed by atoms with van der Waals surface area (Å²) in [5.74, 6) is -1.61. The second-order valence-electron chi connectivity index (χ2n) is 5.12. The molecule has 0 saturated heterocycles. The van der Waals surface area contributed by atoms with Gasteiger partial charge in [0.2, 0.25) is 0 Å². The van der Waals surface area contributed by atoms with Crippen molar-refractivity contribution in [1.29, 1.82) is 0 Å². The summed E-state index contributed by atoms with van der Waals surface area (Å²) in [6.45, 7) is 2.32. The fourth-order valence-corrected chi connectivity index (χ4v) is 2.20. The van der Waals surface area contributed by atoms with E-state index < -0.39 is 36.2 Å². The first-order valence-corrected chi connectivity index (χ1v) is 7.36. The maximum absolute atomic E-state index is 12.0. The molecule has 1 aliphatic heterocycles. The largest absolute Gasteiger partial charge is 0.491 e. The zero-order chi connectivity index (χ0) is 17.5. The number of ether oxygens (including phenoxy) is 4. The van der Waals surface area contributed by atoms with Gasteiger partial charge >= 0.3 is 17.9 Å². The van der Waals surface area contributed by atoms with Gasteiger partial charge in [0.15, 0.2) is 18.3 Å². The molecule has 0 spiro atoms. The highest BCUT2D eigenvalue weighted by molar-refractivity contribution is 5.89. The Hall–Kier alpha value is -2.83. The predicted octanol–water partition coefficient (Wildman–Crippen LogP) is 1.62. The molecule has 3 unspecified atom stereocenters. The highest BCUT2D eigenvalue weighted by Gasteiger charge is 2.38. The number of rotatable bonds is 5. The van der Waals surface area contributed by atoms with Crippen LogP contribution in [0.1, 0.15) is 24.2 Å². The van der Waals surface area contributed by atoms with Gasteiger partial charge in [-0.3, -0.25) is 9.59 Å². The highest BCUT2D eigenvalue weighted by Crippen LogP contribution is 2.20. The van der Waals surface area contributed by atoms with Crippen LogP contribution in [0.3, 0.4) is 0 Å². The maximum atomic E-state index is 12.0. The minimum absolute atomic E-state index is 0.159. The van der Waals surface area contributed by atoms with E-state index in [4.69, 9.17) is 18.9 Å². The SMILES string of the molecule is CC(=O)OC1C=COC(COC(=O)c2ccccc2)C1OC(C)=O. The minimum Gasteiger partial charge on any atom is -0.491 e. The molecule has 0 N–H and O–H groups in total. The Morgan fingerprint density at radius 1 is 1.04 bits per heavy atom. The van der Waals surface area contributed by atoms with Crippen molar-refractivity contribution in [2.75, 3.05) is 6.61 Å². The average Bonchev–Trinajstić information content (AvgIpc) is 2.55. The van der Waals surface area contributed by atoms with Crippen LogP contribution >= 0.6 is 0 Å². The molecule has 0 radical (unpaired) electrons. The van der Waals surface area contributed by atoms with E-state index in [9.17, 15) is 14.4 Å². The molecule has 0 saturated carbocycles. The van der Waals surface area contributed by atoms with E-state index in [0.29, 0.717) is 5.56 Å². The standard InChI is InChI=1S/C17H18O7/c1-11(18)23-14-8-9-21-15(16(14)24-12(2)19)10-22-17(20)13-6-4-3-5-7-13/h3-9,14-16H,10H2,1-2H3. The summed E-state index contributed by atoms with van der Waals surface area (Å²) in [6, 6.07) is 8.46. The summed E-state index contributed by atoms with van der Waals surface area (Å²) in [5, 5.41) is 0. The van der Waals surface area contributed by atoms with Crippen molar-refractivity contribution in [3.05, 3.63) is 48.2 Å². The van der Waals surface area contributed by atoms with Crippen molar-refractivity contribution in [1.82, 2.24) is 0 Å². The van der Waals surface area contributed by atoms with Crippen molar-refractivity contribution >= 4 is 17.9 Å². The first-order chi connectivity index (χ1) is 11.5. The number of benzene rings is 1. The molecule has 1 aromatic rings. The minimum atomic E-state index is -0.903. The lowest BCUT2D eigenvalue weighted by Gasteiger charge is -2.33. The zero-order valence-electron chi connectivity index (χ0n) is 13.3. The van der Waals surface area contributed by atoms with Crippen LogP contribution < -0.4 is 0 Å². The van der Waals surface area contributed by atoms with Gasteiger partial charge in [-0.2, -0.15) is 0 Å². The molecule has 7 nitrogen and oxygen atoms in total. The Bertz CT molecular complexity index is 623. The van der Waals surface area contributed by atoms with Crippen LogP contribution in [0.2, 0.25) is 0 Å². The van der Waals surface area contributed by atoms with Gasteiger partial charge in [0.1, 0.15) is 6.61 Å². The molecule has 1 aromatic carbocycles. The molecule has 0 aromatic heterocycles. The van der Waals surface area contributed by atoms with Crippen LogP contribution in [-0.4, -0.2) is 42.8 Å². The molecule has 0 amide bonds. The highest BCUT2D eigenvalue weighted by atomic mass is 16.6. The lowest BCUT2D eigenvalue weighted by molar-refractivity contribution is -0.176. The van der Waals surface area contributed by atoms with E-state index in [-0.39, 0.29) is 6.61 Å². The van der Waals surface area contributed by atoms with Crippen LogP contribution in [0.15, 0.2) is 42.7 Å². The monoisotopic (exact) mass is 334 g/mol.